The highest BCUT2D eigenvalue weighted by Crippen LogP contribution is 2.13. The maximum atomic E-state index is 11.9. The van der Waals surface area contributed by atoms with Crippen LogP contribution < -0.4 is 15.4 Å². The molecule has 1 atom stereocenters. The zero-order valence-electron chi connectivity index (χ0n) is 14.0. The fourth-order valence-corrected chi connectivity index (χ4v) is 3.43. The first-order valence-electron chi connectivity index (χ1n) is 8.57. The third-order valence-electron chi connectivity index (χ3n) is 3.86. The Balaban J connectivity index is 1.62. The summed E-state index contributed by atoms with van der Waals surface area (Å²) in [4.78, 5) is 11.9. The molecule has 0 radical (unpaired) electrons. The fourth-order valence-electron chi connectivity index (χ4n) is 2.48. The predicted molar refractivity (Wildman–Crippen MR) is 97.3 cm³/mol. The minimum atomic E-state index is 0.143. The predicted octanol–water partition coefficient (Wildman–Crippen LogP) is 2.62. The van der Waals surface area contributed by atoms with Crippen LogP contribution >= 0.6 is 11.8 Å². The van der Waals surface area contributed by atoms with E-state index in [0.29, 0.717) is 19.0 Å². The lowest BCUT2D eigenvalue weighted by Crippen LogP contribution is -2.41. The van der Waals surface area contributed by atoms with Gasteiger partial charge in [0, 0.05) is 37.1 Å². The first-order chi connectivity index (χ1) is 11.3. The smallest absolute Gasteiger partial charge is 0.221 e. The molecule has 0 aromatic heterocycles. The summed E-state index contributed by atoms with van der Waals surface area (Å²) in [7, 11) is 0. The second-order valence-electron chi connectivity index (χ2n) is 5.88. The lowest BCUT2D eigenvalue weighted by molar-refractivity contribution is -0.121. The first-order valence-corrected chi connectivity index (χ1v) is 9.73. The van der Waals surface area contributed by atoms with Crippen molar-refractivity contribution in [3.63, 3.8) is 0 Å². The number of unbranched alkanes of at least 4 members (excludes halogenated alkanes) is 1. The average molecular weight is 337 g/mol. The number of carbonyl (C=O) groups excluding carboxylic acids is 1. The van der Waals surface area contributed by atoms with Crippen molar-refractivity contribution in [3.05, 3.63) is 29.8 Å². The van der Waals surface area contributed by atoms with Crippen molar-refractivity contribution in [2.75, 3.05) is 31.2 Å². The van der Waals surface area contributed by atoms with E-state index in [-0.39, 0.29) is 5.91 Å². The SMILES string of the molecule is CCCCOc1ccc(CCNC(=O)CC2CSCCN2)cc1. The molecule has 128 valence electrons. The van der Waals surface area contributed by atoms with Gasteiger partial charge in [0.1, 0.15) is 5.75 Å². The number of hydrogen-bond donors (Lipinski definition) is 2. The lowest BCUT2D eigenvalue weighted by Gasteiger charge is -2.22. The van der Waals surface area contributed by atoms with Crippen LogP contribution in [-0.4, -0.2) is 43.2 Å². The van der Waals surface area contributed by atoms with Crippen molar-refractivity contribution in [2.24, 2.45) is 0 Å². The molecule has 1 heterocycles. The number of amides is 1. The maximum absolute atomic E-state index is 11.9. The van der Waals surface area contributed by atoms with Gasteiger partial charge in [0.2, 0.25) is 5.91 Å². The summed E-state index contributed by atoms with van der Waals surface area (Å²) in [6.07, 6.45) is 3.67. The number of ether oxygens (including phenoxy) is 1. The molecule has 4 nitrogen and oxygen atoms in total. The van der Waals surface area contributed by atoms with Gasteiger partial charge in [-0.25, -0.2) is 0 Å². The number of carbonyl (C=O) groups is 1. The Hall–Kier alpha value is -1.20. The van der Waals surface area contributed by atoms with Gasteiger partial charge >= 0.3 is 0 Å². The van der Waals surface area contributed by atoms with Crippen molar-refractivity contribution >= 4 is 17.7 Å². The molecule has 0 bridgehead atoms. The molecule has 0 spiro atoms. The van der Waals surface area contributed by atoms with Gasteiger partial charge in [-0.3, -0.25) is 4.79 Å². The molecule has 23 heavy (non-hydrogen) atoms. The minimum Gasteiger partial charge on any atom is -0.494 e. The third-order valence-corrected chi connectivity index (χ3v) is 4.99. The van der Waals surface area contributed by atoms with E-state index in [1.54, 1.807) is 0 Å². The summed E-state index contributed by atoms with van der Waals surface area (Å²) in [5.74, 6) is 3.25. The van der Waals surface area contributed by atoms with Crippen LogP contribution in [0, 0.1) is 0 Å². The van der Waals surface area contributed by atoms with Crippen molar-refractivity contribution < 1.29 is 9.53 Å². The number of benzene rings is 1. The largest absolute Gasteiger partial charge is 0.494 e. The monoisotopic (exact) mass is 336 g/mol. The molecular weight excluding hydrogens is 308 g/mol. The average Bonchev–Trinajstić information content (AvgIpc) is 2.57. The second kappa shape index (κ2) is 10.6. The molecule has 5 heteroatoms. The number of thioether (sulfide) groups is 1. The number of rotatable bonds is 9. The van der Waals surface area contributed by atoms with E-state index >= 15 is 0 Å². The van der Waals surface area contributed by atoms with Crippen LogP contribution in [-0.2, 0) is 11.2 Å². The maximum Gasteiger partial charge on any atom is 0.221 e. The van der Waals surface area contributed by atoms with Gasteiger partial charge in [-0.2, -0.15) is 11.8 Å². The zero-order chi connectivity index (χ0) is 16.3. The van der Waals surface area contributed by atoms with Crippen LogP contribution in [0.4, 0.5) is 0 Å². The van der Waals surface area contributed by atoms with Crippen LogP contribution in [0.15, 0.2) is 24.3 Å². The Morgan fingerprint density at radius 3 is 2.91 bits per heavy atom. The van der Waals surface area contributed by atoms with Crippen LogP contribution in [0.1, 0.15) is 31.7 Å². The molecule has 1 aliphatic heterocycles. The van der Waals surface area contributed by atoms with Crippen molar-refractivity contribution in [2.45, 2.75) is 38.6 Å². The van der Waals surface area contributed by atoms with Crippen molar-refractivity contribution in [1.29, 1.82) is 0 Å². The van der Waals surface area contributed by atoms with E-state index in [2.05, 4.69) is 29.7 Å². The standard InChI is InChI=1S/C18H28N2O2S/c1-2-3-11-22-17-6-4-15(5-7-17)8-9-20-18(21)13-16-14-23-12-10-19-16/h4-7,16,19H,2-3,8-14H2,1H3,(H,20,21). The van der Waals surface area contributed by atoms with Crippen molar-refractivity contribution in [1.82, 2.24) is 10.6 Å². The molecule has 1 aliphatic rings. The van der Waals surface area contributed by atoms with Crippen molar-refractivity contribution in [3.8, 4) is 5.75 Å². The van der Waals surface area contributed by atoms with Gasteiger partial charge in [-0.1, -0.05) is 25.5 Å². The fraction of sp³-hybridized carbons (Fsp3) is 0.611. The quantitative estimate of drug-likeness (QED) is 0.681. The summed E-state index contributed by atoms with van der Waals surface area (Å²) in [6, 6.07) is 8.50. The summed E-state index contributed by atoms with van der Waals surface area (Å²) in [5.41, 5.74) is 1.22. The van der Waals surface area contributed by atoms with E-state index in [0.717, 1.165) is 49.7 Å². The Bertz CT molecular complexity index is 459. The summed E-state index contributed by atoms with van der Waals surface area (Å²) in [6.45, 7) is 4.63. The first kappa shape index (κ1) is 18.1. The highest BCUT2D eigenvalue weighted by Gasteiger charge is 2.16. The highest BCUT2D eigenvalue weighted by molar-refractivity contribution is 7.99. The highest BCUT2D eigenvalue weighted by atomic mass is 32.2. The molecule has 1 unspecified atom stereocenters. The Morgan fingerprint density at radius 1 is 1.39 bits per heavy atom. The molecule has 2 rings (SSSR count). The van der Waals surface area contributed by atoms with Gasteiger partial charge in [0.05, 0.1) is 6.61 Å². The number of nitrogens with one attached hydrogen (secondary N) is 2. The summed E-state index contributed by atoms with van der Waals surface area (Å²) >= 11 is 1.92. The van der Waals surface area contributed by atoms with E-state index in [1.807, 2.05) is 23.9 Å². The van der Waals surface area contributed by atoms with Crippen LogP contribution in [0.5, 0.6) is 5.75 Å². The topological polar surface area (TPSA) is 50.4 Å². The summed E-state index contributed by atoms with van der Waals surface area (Å²) < 4.78 is 5.65. The molecule has 1 aromatic rings. The molecule has 1 aromatic carbocycles. The lowest BCUT2D eigenvalue weighted by atomic mass is 10.1. The molecule has 0 aliphatic carbocycles. The molecule has 0 saturated carbocycles. The number of hydrogen-bond acceptors (Lipinski definition) is 4. The molecule has 1 fully saturated rings. The van der Waals surface area contributed by atoms with Crippen LogP contribution in [0.25, 0.3) is 0 Å². The van der Waals surface area contributed by atoms with Crippen LogP contribution in [0.3, 0.4) is 0 Å². The van der Waals surface area contributed by atoms with Gasteiger partial charge in [-0.05, 0) is 30.5 Å². The molecule has 2 N–H and O–H groups in total. The Morgan fingerprint density at radius 2 is 2.22 bits per heavy atom. The van der Waals surface area contributed by atoms with Gasteiger partial charge in [0.25, 0.3) is 0 Å². The second-order valence-corrected chi connectivity index (χ2v) is 7.03. The molecular formula is C18H28N2O2S. The van der Waals surface area contributed by atoms with Crippen LogP contribution in [0.2, 0.25) is 0 Å². The Kier molecular flexibility index (Phi) is 8.32. The van der Waals surface area contributed by atoms with E-state index < -0.39 is 0 Å². The molecule has 1 amide bonds. The normalized spacial score (nSPS) is 17.7. The Labute approximate surface area is 143 Å². The summed E-state index contributed by atoms with van der Waals surface area (Å²) in [5, 5.41) is 6.41. The van der Waals surface area contributed by atoms with Gasteiger partial charge in [-0.15, -0.1) is 0 Å². The third kappa shape index (κ3) is 7.27. The van der Waals surface area contributed by atoms with E-state index in [1.165, 1.54) is 5.56 Å². The van der Waals surface area contributed by atoms with E-state index in [9.17, 15) is 4.79 Å². The molecule has 1 saturated heterocycles. The minimum absolute atomic E-state index is 0.143. The van der Waals surface area contributed by atoms with E-state index in [4.69, 9.17) is 4.74 Å². The zero-order valence-corrected chi connectivity index (χ0v) is 14.8. The van der Waals surface area contributed by atoms with Gasteiger partial charge in [0.15, 0.2) is 0 Å². The van der Waals surface area contributed by atoms with Gasteiger partial charge < -0.3 is 15.4 Å².